The van der Waals surface area contributed by atoms with Crippen LogP contribution >= 0.6 is 0 Å². The summed E-state index contributed by atoms with van der Waals surface area (Å²) in [5.74, 6) is 3.60. The molecule has 0 aromatic heterocycles. The van der Waals surface area contributed by atoms with E-state index in [-0.39, 0.29) is 77.7 Å². The van der Waals surface area contributed by atoms with E-state index in [4.69, 9.17) is 9.47 Å². The number of para-hydroxylation sites is 4. The van der Waals surface area contributed by atoms with Crippen molar-refractivity contribution in [1.82, 2.24) is 42.5 Å². The number of nitro benzene ring substituents is 1. The Bertz CT molecular complexity index is 4820. The van der Waals surface area contributed by atoms with Crippen LogP contribution in [0.4, 0.5) is 5.69 Å². The molecule has 0 saturated carbocycles. The van der Waals surface area contributed by atoms with E-state index in [1.165, 1.54) is 34.9 Å². The molecule has 0 aliphatic carbocycles. The van der Waals surface area contributed by atoms with Gasteiger partial charge in [-0.05, 0) is 181 Å². The molecule has 8 aromatic carbocycles. The van der Waals surface area contributed by atoms with Gasteiger partial charge in [0.1, 0.15) is 34.5 Å². The molecule has 0 unspecified atom stereocenters. The molecule has 0 radical (unpaired) electrons. The highest BCUT2D eigenvalue weighted by molar-refractivity contribution is 5.48. The fourth-order valence-corrected chi connectivity index (χ4v) is 17.5. The summed E-state index contributed by atoms with van der Waals surface area (Å²) in [6.45, 7) is 91.2. The number of ether oxygens (including phenoxy) is 2. The number of non-ortho nitro benzene ring substituents is 1. The first-order chi connectivity index (χ1) is 66.1. The average Bonchev–Trinajstić information content (AvgIpc) is 0.835. The van der Waals surface area contributed by atoms with Crippen molar-refractivity contribution in [3.63, 3.8) is 0 Å². The van der Waals surface area contributed by atoms with Crippen molar-refractivity contribution in [2.45, 2.75) is 428 Å². The number of hydrogen-bond donors (Lipinski definition) is 16. The molecular formula is C122H203N9O12. The average molecular weight is 1990 g/mol. The van der Waals surface area contributed by atoms with Crippen LogP contribution in [0.1, 0.15) is 367 Å². The zero-order valence-electron chi connectivity index (χ0n) is 96.7. The Labute approximate surface area is 869 Å². The van der Waals surface area contributed by atoms with Crippen LogP contribution < -0.4 is 52.0 Å². The predicted molar refractivity (Wildman–Crippen MR) is 605 cm³/mol. The Balaban J connectivity index is 0.000000818. The van der Waals surface area contributed by atoms with E-state index in [0.717, 1.165) is 122 Å². The molecule has 0 aliphatic heterocycles. The van der Waals surface area contributed by atoms with Gasteiger partial charge in [-0.1, -0.05) is 351 Å². The number of hydrogen-bond acceptors (Lipinski definition) is 20. The van der Waals surface area contributed by atoms with Crippen molar-refractivity contribution in [2.24, 2.45) is 43.3 Å². The van der Waals surface area contributed by atoms with Crippen LogP contribution in [-0.4, -0.2) is 108 Å². The molecule has 0 heterocycles. The monoisotopic (exact) mass is 1990 g/mol. The third-order valence-corrected chi connectivity index (χ3v) is 26.6. The van der Waals surface area contributed by atoms with Gasteiger partial charge in [0.2, 0.25) is 0 Å². The van der Waals surface area contributed by atoms with E-state index in [9.17, 15) is 51.0 Å². The van der Waals surface area contributed by atoms with Crippen LogP contribution in [0.15, 0.2) is 152 Å². The SMILES string of the molecule is CCOc1cccc(CN[C@H](CC)C(C)(C)C)c1O.CC[C@@H](NCc1cc(C(C)(C)C)ccc1O)C(C)(C)C.CC[C@@H](NCc1cc(C)ccc1O)C(C)(C)C.CC[C@@H](NCc1cc(C)ccc1O)C(C)(C)C.CC[C@@H](NCc1cc([N+](=O)[O-])ccc1O)C(C)(C)C.CC[C@@H](NCc1cccc(C)c1O)C(C)(C)C.CC[C@@H](NCc1cccc(OC)c1O)C(C)(C)C.CC[C@@H](NCc1ccccc1O)C(C)(C)C. The molecule has 8 aromatic rings. The van der Waals surface area contributed by atoms with Crippen LogP contribution in [-0.2, 0) is 57.8 Å². The van der Waals surface area contributed by atoms with Crippen molar-refractivity contribution in [1.29, 1.82) is 0 Å². The standard InChI is InChI=1S/C18H31NO.C16H27NO2.C15H25NO2.3C15H25NO.C14H22N2O3.C14H23NO/c1-8-16(18(5,6)7)19-12-13-11-14(17(2,3)4)9-10-15(13)20;1-6-14(16(3,4)5)17-11-12-9-8-10-13(15(12)18)19-7-2;1-6-13(15(2,3)4)16-10-11-8-7-9-12(18-5)14(11)17;2*1-6-14(15(3,4)5)16-10-12-9-11(2)7-8-13(12)17;1-6-13(15(3,4)5)16-10-12-9-7-8-11(2)14(12)17;1-5-13(14(2,3)4)15-9-10-8-11(16(18)19)6-7-12(10)17;1-5-13(14(2,3)4)15-10-11-8-6-7-9-12(11)16/h9-11,16,19-20H,8,12H2,1-7H3;8-10,14,17-18H,6-7,11H2,1-5H3;7-9,13,16-17H,6,10H2,1-5H3;2*7-9,14,16-17H,6,10H2,1-5H3;7-9,13,16-17H,6,10H2,1-5H3;6-8,13,15,17H,5,9H2,1-4H3;6-9,13,15-16H,5,10H2,1-4H3/t16-;14-;13-;2*14-;3*13-/m11111111/s1. The van der Waals surface area contributed by atoms with Gasteiger partial charge in [-0.25, -0.2) is 0 Å². The second-order valence-corrected chi connectivity index (χ2v) is 48.0. The van der Waals surface area contributed by atoms with E-state index in [1.54, 1.807) is 37.4 Å². The van der Waals surface area contributed by atoms with Gasteiger partial charge in [-0.2, -0.15) is 0 Å². The molecule has 21 heteroatoms. The van der Waals surface area contributed by atoms with Crippen molar-refractivity contribution >= 4 is 5.69 Å². The lowest BCUT2D eigenvalue weighted by atomic mass is 9.84. The molecule has 0 amide bonds. The van der Waals surface area contributed by atoms with Crippen LogP contribution in [0.2, 0.25) is 0 Å². The number of phenolic OH excluding ortho intramolecular Hbond substituents is 8. The quantitative estimate of drug-likeness (QED) is 0.0128. The van der Waals surface area contributed by atoms with Gasteiger partial charge < -0.3 is 92.9 Å². The Kier molecular flexibility index (Phi) is 57.2. The zero-order valence-corrected chi connectivity index (χ0v) is 96.7. The fourth-order valence-electron chi connectivity index (χ4n) is 17.5. The molecule has 0 fully saturated rings. The molecule has 0 spiro atoms. The number of aromatic hydroxyl groups is 8. The Morgan fingerprint density at radius 2 is 0.524 bits per heavy atom. The first kappa shape index (κ1) is 132. The van der Waals surface area contributed by atoms with Gasteiger partial charge in [0.05, 0.1) is 18.6 Å². The number of rotatable bonds is 36. The molecule has 21 nitrogen and oxygen atoms in total. The number of aryl methyl sites for hydroxylation is 3. The summed E-state index contributed by atoms with van der Waals surface area (Å²) in [4.78, 5) is 10.3. The molecule has 0 bridgehead atoms. The summed E-state index contributed by atoms with van der Waals surface area (Å²) in [6.07, 6.45) is 8.55. The minimum Gasteiger partial charge on any atom is -0.508 e. The van der Waals surface area contributed by atoms with Gasteiger partial charge in [0.15, 0.2) is 23.0 Å². The summed E-state index contributed by atoms with van der Waals surface area (Å²) in [6, 6.07) is 49.5. The van der Waals surface area contributed by atoms with Gasteiger partial charge in [-0.15, -0.1) is 0 Å². The maximum absolute atomic E-state index is 10.7. The predicted octanol–water partition coefficient (Wildman–Crippen LogP) is 29.0. The van der Waals surface area contributed by atoms with Crippen molar-refractivity contribution in [2.75, 3.05) is 13.7 Å². The largest absolute Gasteiger partial charge is 0.508 e. The first-order valence-corrected chi connectivity index (χ1v) is 52.6. The number of nitrogens with one attached hydrogen (secondary N) is 8. The van der Waals surface area contributed by atoms with E-state index < -0.39 is 4.92 Å². The van der Waals surface area contributed by atoms with E-state index >= 15 is 0 Å². The van der Waals surface area contributed by atoms with Gasteiger partial charge >= 0.3 is 0 Å². The minimum atomic E-state index is -0.454. The molecular weight excluding hydrogens is 1780 g/mol. The normalized spacial score (nSPS) is 13.7. The Hall–Kier alpha value is -9.16. The van der Waals surface area contributed by atoms with E-state index in [2.05, 4.69) is 291 Å². The number of phenols is 8. The van der Waals surface area contributed by atoms with Crippen LogP contribution in [0.25, 0.3) is 0 Å². The lowest BCUT2D eigenvalue weighted by Gasteiger charge is -2.31. The molecule has 16 N–H and O–H groups in total. The smallest absolute Gasteiger partial charge is 0.270 e. The summed E-state index contributed by atoms with van der Waals surface area (Å²) in [7, 11) is 1.57. The lowest BCUT2D eigenvalue weighted by molar-refractivity contribution is -0.384. The number of methoxy groups -OCH3 is 1. The first-order valence-electron chi connectivity index (χ1n) is 52.6. The minimum absolute atomic E-state index is 0.00147. The van der Waals surface area contributed by atoms with E-state index in [1.807, 2.05) is 125 Å². The lowest BCUT2D eigenvalue weighted by Crippen LogP contribution is -2.39. The molecule has 808 valence electrons. The van der Waals surface area contributed by atoms with Crippen LogP contribution in [0.3, 0.4) is 0 Å². The summed E-state index contributed by atoms with van der Waals surface area (Å²) < 4.78 is 10.5. The van der Waals surface area contributed by atoms with Gasteiger partial charge in [0, 0.05) is 157 Å². The second kappa shape index (κ2) is 62.1. The van der Waals surface area contributed by atoms with E-state index in [0.29, 0.717) is 121 Å². The fraction of sp³-hybridized carbons (Fsp3) is 0.607. The van der Waals surface area contributed by atoms with Gasteiger partial charge in [-0.3, -0.25) is 10.1 Å². The maximum atomic E-state index is 10.7. The van der Waals surface area contributed by atoms with Gasteiger partial charge in [0.25, 0.3) is 5.69 Å². The Morgan fingerprint density at radius 3 is 0.811 bits per heavy atom. The molecule has 0 saturated heterocycles. The molecule has 0 aliphatic rings. The summed E-state index contributed by atoms with van der Waals surface area (Å²) >= 11 is 0. The third-order valence-electron chi connectivity index (χ3n) is 26.6. The Morgan fingerprint density at radius 1 is 0.280 bits per heavy atom. The highest BCUT2D eigenvalue weighted by atomic mass is 16.6. The number of nitrogens with zero attached hydrogens (tertiary/aromatic N) is 1. The highest BCUT2D eigenvalue weighted by Crippen LogP contribution is 2.37. The molecule has 8 rings (SSSR count). The summed E-state index contributed by atoms with van der Waals surface area (Å²) in [5, 5.41) is 118. The van der Waals surface area contributed by atoms with Crippen molar-refractivity contribution < 1.29 is 55.2 Å². The third kappa shape index (κ3) is 49.3. The topological polar surface area (TPSA) is 320 Å². The maximum Gasteiger partial charge on any atom is 0.270 e. The van der Waals surface area contributed by atoms with Crippen LogP contribution in [0.5, 0.6) is 57.5 Å². The van der Waals surface area contributed by atoms with Crippen LogP contribution in [0, 0.1) is 74.2 Å². The molecule has 8 atom stereocenters. The summed E-state index contributed by atoms with van der Waals surface area (Å²) in [5.41, 5.74) is 13.6. The number of nitro groups is 1. The highest BCUT2D eigenvalue weighted by Gasteiger charge is 2.31. The number of benzene rings is 8. The molecule has 143 heavy (non-hydrogen) atoms. The van der Waals surface area contributed by atoms with Crippen molar-refractivity contribution in [3.8, 4) is 57.5 Å². The second-order valence-electron chi connectivity index (χ2n) is 48.0. The zero-order chi connectivity index (χ0) is 110. The van der Waals surface area contributed by atoms with Crippen molar-refractivity contribution in [3.05, 3.63) is 229 Å².